The summed E-state index contributed by atoms with van der Waals surface area (Å²) in [5.41, 5.74) is 7.03. The highest BCUT2D eigenvalue weighted by atomic mass is 32.2. The van der Waals surface area contributed by atoms with E-state index in [-0.39, 0.29) is 16.5 Å². The quantitative estimate of drug-likeness (QED) is 0.520. The van der Waals surface area contributed by atoms with Crippen LogP contribution in [0.5, 0.6) is 0 Å². The summed E-state index contributed by atoms with van der Waals surface area (Å²) in [4.78, 5) is 22.8. The predicted molar refractivity (Wildman–Crippen MR) is 70.9 cm³/mol. The fraction of sp³-hybridized carbons (Fsp3) is 0.182. The predicted octanol–water partition coefficient (Wildman–Crippen LogP) is 2.13. The van der Waals surface area contributed by atoms with Crippen molar-refractivity contribution < 1.29 is 4.92 Å². The van der Waals surface area contributed by atoms with Crippen molar-refractivity contribution >= 4 is 23.3 Å². The van der Waals surface area contributed by atoms with E-state index in [1.54, 1.807) is 0 Å². The molecule has 0 saturated carbocycles. The number of aryl methyl sites for hydroxylation is 2. The van der Waals surface area contributed by atoms with Crippen molar-refractivity contribution in [3.05, 3.63) is 39.7 Å². The van der Waals surface area contributed by atoms with Crippen LogP contribution in [-0.2, 0) is 0 Å². The smallest absolute Gasteiger partial charge is 0.301 e. The molecule has 19 heavy (non-hydrogen) atoms. The lowest BCUT2D eigenvalue weighted by atomic mass is 10.4. The first kappa shape index (κ1) is 13.2. The van der Waals surface area contributed by atoms with Gasteiger partial charge in [0, 0.05) is 17.5 Å². The topological polar surface area (TPSA) is 108 Å². The highest BCUT2D eigenvalue weighted by Crippen LogP contribution is 2.31. The van der Waals surface area contributed by atoms with Crippen LogP contribution in [-0.4, -0.2) is 19.9 Å². The molecule has 0 aliphatic rings. The third-order valence-corrected chi connectivity index (χ3v) is 3.07. The molecule has 0 saturated heterocycles. The molecule has 0 bridgehead atoms. The Bertz CT molecular complexity index is 627. The zero-order valence-electron chi connectivity index (χ0n) is 10.3. The van der Waals surface area contributed by atoms with Crippen LogP contribution in [0.3, 0.4) is 0 Å². The van der Waals surface area contributed by atoms with Crippen molar-refractivity contribution in [1.29, 1.82) is 0 Å². The average molecular weight is 277 g/mol. The molecule has 2 rings (SSSR count). The summed E-state index contributed by atoms with van der Waals surface area (Å²) in [6, 6.07) is 4.54. The lowest BCUT2D eigenvalue weighted by molar-refractivity contribution is -0.388. The van der Waals surface area contributed by atoms with Gasteiger partial charge in [-0.3, -0.25) is 10.1 Å². The molecule has 2 aromatic heterocycles. The normalized spacial score (nSPS) is 10.4. The summed E-state index contributed by atoms with van der Waals surface area (Å²) in [6.07, 6.45) is 0. The zero-order chi connectivity index (χ0) is 14.0. The van der Waals surface area contributed by atoms with Crippen LogP contribution in [0.1, 0.15) is 11.4 Å². The van der Waals surface area contributed by atoms with E-state index in [9.17, 15) is 10.1 Å². The number of rotatable bonds is 3. The number of nitro groups is 1. The highest BCUT2D eigenvalue weighted by molar-refractivity contribution is 7.99. The lowest BCUT2D eigenvalue weighted by Gasteiger charge is -2.03. The molecule has 2 aromatic rings. The van der Waals surface area contributed by atoms with Crippen LogP contribution in [0.2, 0.25) is 0 Å². The summed E-state index contributed by atoms with van der Waals surface area (Å²) in [7, 11) is 0. The van der Waals surface area contributed by atoms with Crippen LogP contribution >= 0.6 is 11.8 Å². The minimum atomic E-state index is -0.503. The molecule has 0 radical (unpaired) electrons. The van der Waals surface area contributed by atoms with Gasteiger partial charge in [-0.05, 0) is 37.7 Å². The van der Waals surface area contributed by atoms with Gasteiger partial charge in [-0.15, -0.1) is 0 Å². The number of aromatic nitrogens is 3. The van der Waals surface area contributed by atoms with Crippen LogP contribution in [0.4, 0.5) is 11.5 Å². The van der Waals surface area contributed by atoms with Gasteiger partial charge >= 0.3 is 5.69 Å². The Morgan fingerprint density at radius 3 is 2.42 bits per heavy atom. The lowest BCUT2D eigenvalue weighted by Crippen LogP contribution is -1.99. The number of nitrogen functional groups attached to an aromatic ring is 1. The molecule has 7 nitrogen and oxygen atoms in total. The number of anilines is 1. The average Bonchev–Trinajstić information content (AvgIpc) is 2.26. The number of hydrogen-bond donors (Lipinski definition) is 1. The fourth-order valence-corrected chi connectivity index (χ4v) is 2.44. The molecule has 2 heterocycles. The van der Waals surface area contributed by atoms with Gasteiger partial charge in [-0.25, -0.2) is 15.0 Å². The summed E-state index contributed by atoms with van der Waals surface area (Å²) in [6.45, 7) is 3.67. The van der Waals surface area contributed by atoms with Gasteiger partial charge in [0.05, 0.1) is 4.92 Å². The Balaban J connectivity index is 2.42. The van der Waals surface area contributed by atoms with E-state index < -0.39 is 4.92 Å². The Labute approximate surface area is 113 Å². The van der Waals surface area contributed by atoms with E-state index in [1.807, 2.05) is 19.9 Å². The van der Waals surface area contributed by atoms with E-state index in [1.165, 1.54) is 12.1 Å². The fourth-order valence-electron chi connectivity index (χ4n) is 1.49. The molecule has 0 amide bonds. The third-order valence-electron chi connectivity index (χ3n) is 2.21. The number of hydrogen-bond acceptors (Lipinski definition) is 7. The van der Waals surface area contributed by atoms with Gasteiger partial charge in [0.1, 0.15) is 5.82 Å². The summed E-state index contributed by atoms with van der Waals surface area (Å²) in [5, 5.41) is 11.5. The maximum atomic E-state index is 10.9. The van der Waals surface area contributed by atoms with Gasteiger partial charge in [0.15, 0.2) is 10.2 Å². The first-order valence-electron chi connectivity index (χ1n) is 5.37. The van der Waals surface area contributed by atoms with Crippen molar-refractivity contribution in [3.63, 3.8) is 0 Å². The molecule has 0 aromatic carbocycles. The molecular formula is C11H11N5O2S. The monoisotopic (exact) mass is 277 g/mol. The molecule has 98 valence electrons. The van der Waals surface area contributed by atoms with Crippen LogP contribution in [0.25, 0.3) is 0 Å². The first-order chi connectivity index (χ1) is 8.95. The van der Waals surface area contributed by atoms with E-state index >= 15 is 0 Å². The summed E-state index contributed by atoms with van der Waals surface area (Å²) in [5.74, 6) is 0.220. The molecule has 8 heteroatoms. The molecule has 0 aliphatic carbocycles. The van der Waals surface area contributed by atoms with Gasteiger partial charge in [0.25, 0.3) is 0 Å². The Morgan fingerprint density at radius 2 is 1.84 bits per heavy atom. The molecule has 0 fully saturated rings. The Kier molecular flexibility index (Phi) is 3.61. The number of pyridine rings is 1. The van der Waals surface area contributed by atoms with E-state index in [4.69, 9.17) is 5.73 Å². The summed E-state index contributed by atoms with van der Waals surface area (Å²) < 4.78 is 0. The van der Waals surface area contributed by atoms with E-state index in [2.05, 4.69) is 15.0 Å². The van der Waals surface area contributed by atoms with Crippen molar-refractivity contribution in [1.82, 2.24) is 15.0 Å². The minimum Gasteiger partial charge on any atom is -0.384 e. The standard InChI is InChI=1S/C11H11N5O2S/c1-6-5-7(2)14-11(13-6)19-10-8(16(17)18)3-4-9(12)15-10/h3-5H,1-2H3,(H2,12,15). The SMILES string of the molecule is Cc1cc(C)nc(Sc2nc(N)ccc2[N+](=O)[O-])n1. The van der Waals surface area contributed by atoms with Crippen molar-refractivity contribution in [2.24, 2.45) is 0 Å². The Morgan fingerprint density at radius 1 is 1.21 bits per heavy atom. The Hall–Kier alpha value is -2.22. The number of nitrogens with zero attached hydrogens (tertiary/aromatic N) is 4. The second kappa shape index (κ2) is 5.19. The molecule has 2 N–H and O–H groups in total. The van der Waals surface area contributed by atoms with Crippen LogP contribution in [0.15, 0.2) is 28.4 Å². The van der Waals surface area contributed by atoms with E-state index in [0.29, 0.717) is 5.16 Å². The molecule has 0 unspecified atom stereocenters. The van der Waals surface area contributed by atoms with Crippen LogP contribution < -0.4 is 5.73 Å². The van der Waals surface area contributed by atoms with Crippen molar-refractivity contribution in [2.75, 3.05) is 5.73 Å². The van der Waals surface area contributed by atoms with Gasteiger partial charge in [0.2, 0.25) is 0 Å². The molecule has 0 atom stereocenters. The van der Waals surface area contributed by atoms with Gasteiger partial charge in [-0.2, -0.15) is 0 Å². The molecule has 0 aliphatic heterocycles. The van der Waals surface area contributed by atoms with Crippen molar-refractivity contribution in [2.45, 2.75) is 24.0 Å². The van der Waals surface area contributed by atoms with Crippen molar-refractivity contribution in [3.8, 4) is 0 Å². The maximum absolute atomic E-state index is 10.9. The van der Waals surface area contributed by atoms with E-state index in [0.717, 1.165) is 23.1 Å². The zero-order valence-corrected chi connectivity index (χ0v) is 11.1. The molecular weight excluding hydrogens is 266 g/mol. The third kappa shape index (κ3) is 3.16. The second-order valence-corrected chi connectivity index (χ2v) is 4.81. The maximum Gasteiger partial charge on any atom is 0.301 e. The highest BCUT2D eigenvalue weighted by Gasteiger charge is 2.18. The van der Waals surface area contributed by atoms with Gasteiger partial charge < -0.3 is 5.73 Å². The molecule has 0 spiro atoms. The first-order valence-corrected chi connectivity index (χ1v) is 6.18. The second-order valence-electron chi connectivity index (χ2n) is 3.85. The largest absolute Gasteiger partial charge is 0.384 e. The van der Waals surface area contributed by atoms with Crippen LogP contribution in [0, 0.1) is 24.0 Å². The van der Waals surface area contributed by atoms with Gasteiger partial charge in [-0.1, -0.05) is 0 Å². The minimum absolute atomic E-state index is 0.109. The summed E-state index contributed by atoms with van der Waals surface area (Å²) >= 11 is 1.03. The number of nitrogens with two attached hydrogens (primary N) is 1.